The molecule has 31 heavy (non-hydrogen) atoms. The maximum absolute atomic E-state index is 13.1. The van der Waals surface area contributed by atoms with E-state index in [1.54, 1.807) is 17.1 Å². The SMILES string of the molecule is O=C(NN1CC2C=CCC2C1)C1=NN(c2ccc(Cl)cc2Cl)[C@H](c2ccc(Cl)cc2)C1. The van der Waals surface area contributed by atoms with Crippen LogP contribution in [0.15, 0.2) is 59.7 Å². The molecule has 160 valence electrons. The van der Waals surface area contributed by atoms with Gasteiger partial charge in [0.15, 0.2) is 0 Å². The van der Waals surface area contributed by atoms with E-state index in [0.717, 1.165) is 25.1 Å². The third-order valence-electron chi connectivity index (χ3n) is 6.16. The lowest BCUT2D eigenvalue weighted by Crippen LogP contribution is -2.44. The van der Waals surface area contributed by atoms with Crippen LogP contribution in [0.5, 0.6) is 0 Å². The smallest absolute Gasteiger partial charge is 0.281 e. The van der Waals surface area contributed by atoms with Crippen molar-refractivity contribution in [2.75, 3.05) is 18.1 Å². The van der Waals surface area contributed by atoms with E-state index < -0.39 is 0 Å². The van der Waals surface area contributed by atoms with Crippen LogP contribution in [0.25, 0.3) is 0 Å². The molecular formula is C23H21Cl3N4O. The topological polar surface area (TPSA) is 47.9 Å². The van der Waals surface area contributed by atoms with Gasteiger partial charge in [-0.1, -0.05) is 59.1 Å². The van der Waals surface area contributed by atoms with Gasteiger partial charge in [-0.2, -0.15) is 5.10 Å². The Kier molecular flexibility index (Phi) is 5.69. The van der Waals surface area contributed by atoms with E-state index in [2.05, 4.69) is 22.7 Å². The fourth-order valence-corrected chi connectivity index (χ4v) is 5.19. The molecule has 0 saturated carbocycles. The number of hydrazone groups is 1. The number of halogens is 3. The number of benzene rings is 2. The molecule has 0 spiro atoms. The highest BCUT2D eigenvalue weighted by atomic mass is 35.5. The second-order valence-electron chi connectivity index (χ2n) is 8.19. The maximum atomic E-state index is 13.1. The molecule has 3 aliphatic rings. The summed E-state index contributed by atoms with van der Waals surface area (Å²) < 4.78 is 0. The van der Waals surface area contributed by atoms with Crippen molar-refractivity contribution in [3.8, 4) is 0 Å². The van der Waals surface area contributed by atoms with Gasteiger partial charge in [-0.3, -0.25) is 15.2 Å². The predicted molar refractivity (Wildman–Crippen MR) is 126 cm³/mol. The maximum Gasteiger partial charge on any atom is 0.281 e. The summed E-state index contributed by atoms with van der Waals surface area (Å²) in [6.07, 6.45) is 6.04. The van der Waals surface area contributed by atoms with Gasteiger partial charge in [-0.05, 0) is 54.2 Å². The molecule has 1 N–H and O–H groups in total. The van der Waals surface area contributed by atoms with Crippen molar-refractivity contribution in [3.63, 3.8) is 0 Å². The zero-order valence-corrected chi connectivity index (χ0v) is 18.9. The van der Waals surface area contributed by atoms with Gasteiger partial charge in [0.05, 0.1) is 16.8 Å². The van der Waals surface area contributed by atoms with Gasteiger partial charge in [0.2, 0.25) is 0 Å². The second-order valence-corrected chi connectivity index (χ2v) is 9.47. The fraction of sp³-hybridized carbons (Fsp3) is 0.304. The quantitative estimate of drug-likeness (QED) is 0.595. The summed E-state index contributed by atoms with van der Waals surface area (Å²) in [6.45, 7) is 1.71. The molecule has 3 atom stereocenters. The van der Waals surface area contributed by atoms with E-state index >= 15 is 0 Å². The van der Waals surface area contributed by atoms with E-state index in [4.69, 9.17) is 34.8 Å². The third kappa shape index (κ3) is 4.20. The molecule has 0 aromatic heterocycles. The lowest BCUT2D eigenvalue weighted by atomic mass is 10.0. The Hall–Kier alpha value is -2.05. The molecule has 0 radical (unpaired) electrons. The number of anilines is 1. The van der Waals surface area contributed by atoms with Gasteiger partial charge in [0.1, 0.15) is 5.71 Å². The van der Waals surface area contributed by atoms with Crippen LogP contribution in [0.3, 0.4) is 0 Å². The summed E-state index contributed by atoms with van der Waals surface area (Å²) in [6, 6.07) is 12.7. The Bertz CT molecular complexity index is 1070. The molecule has 5 rings (SSSR count). The Labute approximate surface area is 196 Å². The zero-order valence-electron chi connectivity index (χ0n) is 16.6. The minimum Gasteiger partial charge on any atom is -0.284 e. The van der Waals surface area contributed by atoms with Crippen LogP contribution < -0.4 is 10.4 Å². The summed E-state index contributed by atoms with van der Waals surface area (Å²) >= 11 is 18.6. The predicted octanol–water partition coefficient (Wildman–Crippen LogP) is 5.49. The van der Waals surface area contributed by atoms with Crippen molar-refractivity contribution in [3.05, 3.63) is 75.2 Å². The van der Waals surface area contributed by atoms with Gasteiger partial charge in [0.25, 0.3) is 5.91 Å². The fourth-order valence-electron chi connectivity index (χ4n) is 4.57. The van der Waals surface area contributed by atoms with Gasteiger partial charge < -0.3 is 0 Å². The first-order valence-electron chi connectivity index (χ1n) is 10.3. The van der Waals surface area contributed by atoms with E-state index in [1.165, 1.54) is 0 Å². The minimum atomic E-state index is -0.171. The summed E-state index contributed by atoms with van der Waals surface area (Å²) in [5.74, 6) is 0.949. The Morgan fingerprint density at radius 3 is 2.55 bits per heavy atom. The van der Waals surface area contributed by atoms with E-state index in [1.807, 2.05) is 35.3 Å². The summed E-state index contributed by atoms with van der Waals surface area (Å²) in [5.41, 5.74) is 5.23. The number of amides is 1. The average molecular weight is 476 g/mol. The highest BCUT2D eigenvalue weighted by Crippen LogP contribution is 2.40. The molecule has 1 amide bonds. The molecule has 8 heteroatoms. The van der Waals surface area contributed by atoms with Crippen molar-refractivity contribution in [1.82, 2.24) is 10.4 Å². The number of hydrogen-bond acceptors (Lipinski definition) is 4. The molecule has 2 unspecified atom stereocenters. The van der Waals surface area contributed by atoms with Crippen LogP contribution in [0.1, 0.15) is 24.4 Å². The number of nitrogens with one attached hydrogen (secondary N) is 1. The van der Waals surface area contributed by atoms with Crippen LogP contribution in [-0.2, 0) is 4.79 Å². The van der Waals surface area contributed by atoms with Gasteiger partial charge >= 0.3 is 0 Å². The van der Waals surface area contributed by atoms with Crippen LogP contribution in [0, 0.1) is 11.8 Å². The number of allylic oxidation sites excluding steroid dienone is 1. The van der Waals surface area contributed by atoms with Crippen molar-refractivity contribution in [1.29, 1.82) is 0 Å². The number of nitrogens with zero attached hydrogens (tertiary/aromatic N) is 3. The van der Waals surface area contributed by atoms with Crippen LogP contribution in [0.4, 0.5) is 5.69 Å². The number of carbonyl (C=O) groups excluding carboxylic acids is 1. The molecule has 1 fully saturated rings. The molecule has 2 aromatic rings. The minimum absolute atomic E-state index is 0.169. The van der Waals surface area contributed by atoms with Gasteiger partial charge in [-0.25, -0.2) is 5.01 Å². The highest BCUT2D eigenvalue weighted by Gasteiger charge is 2.37. The zero-order chi connectivity index (χ0) is 21.5. The van der Waals surface area contributed by atoms with E-state index in [0.29, 0.717) is 44.7 Å². The monoisotopic (exact) mass is 474 g/mol. The molecule has 2 aromatic carbocycles. The largest absolute Gasteiger partial charge is 0.284 e. The van der Waals surface area contributed by atoms with Crippen molar-refractivity contribution in [2.24, 2.45) is 16.9 Å². The first kappa shape index (κ1) is 20.8. The molecule has 1 aliphatic carbocycles. The number of carbonyl (C=O) groups is 1. The number of fused-ring (bicyclic) bond motifs is 1. The molecule has 2 heterocycles. The van der Waals surface area contributed by atoms with Crippen LogP contribution in [-0.4, -0.2) is 29.7 Å². The van der Waals surface area contributed by atoms with Crippen molar-refractivity contribution in [2.45, 2.75) is 18.9 Å². The number of hydrogen-bond donors (Lipinski definition) is 1. The Morgan fingerprint density at radius 1 is 1.03 bits per heavy atom. The molecule has 2 aliphatic heterocycles. The molecule has 1 saturated heterocycles. The molecule has 0 bridgehead atoms. The standard InChI is InChI=1S/C23H21Cl3N4O/c24-17-6-4-14(5-7-17)22-11-20(27-30(22)21-9-8-18(25)10-19(21)26)23(31)28-29-12-15-2-1-3-16(15)13-29/h1-2,4-10,15-16,22H,3,11-13H2,(H,28,31)/t15?,16?,22-/m0/s1. The van der Waals surface area contributed by atoms with Crippen molar-refractivity contribution >= 4 is 52.1 Å². The van der Waals surface area contributed by atoms with Crippen LogP contribution in [0.2, 0.25) is 15.1 Å². The highest BCUT2D eigenvalue weighted by molar-refractivity contribution is 6.40. The second kappa shape index (κ2) is 8.47. The Balaban J connectivity index is 1.40. The Morgan fingerprint density at radius 2 is 1.81 bits per heavy atom. The average Bonchev–Trinajstić information content (AvgIpc) is 3.43. The summed E-state index contributed by atoms with van der Waals surface area (Å²) in [7, 11) is 0. The number of hydrazine groups is 1. The molecular weight excluding hydrogens is 455 g/mol. The van der Waals surface area contributed by atoms with Gasteiger partial charge in [0, 0.05) is 29.6 Å². The van der Waals surface area contributed by atoms with Crippen molar-refractivity contribution < 1.29 is 4.79 Å². The number of rotatable bonds is 4. The first-order valence-corrected chi connectivity index (χ1v) is 11.4. The van der Waals surface area contributed by atoms with E-state index in [9.17, 15) is 4.79 Å². The summed E-state index contributed by atoms with van der Waals surface area (Å²) in [5, 5.41) is 10.2. The third-order valence-corrected chi connectivity index (χ3v) is 6.95. The first-order chi connectivity index (χ1) is 15.0. The lowest BCUT2D eigenvalue weighted by Gasteiger charge is -2.25. The van der Waals surface area contributed by atoms with Crippen LogP contribution >= 0.6 is 34.8 Å². The lowest BCUT2D eigenvalue weighted by molar-refractivity contribution is -0.119. The normalized spacial score (nSPS) is 25.1. The van der Waals surface area contributed by atoms with Gasteiger partial charge in [-0.15, -0.1) is 0 Å². The molecule has 5 nitrogen and oxygen atoms in total. The van der Waals surface area contributed by atoms with E-state index in [-0.39, 0.29) is 11.9 Å². The summed E-state index contributed by atoms with van der Waals surface area (Å²) in [4.78, 5) is 13.1.